The Morgan fingerprint density at radius 3 is 2.54 bits per heavy atom. The number of nitrogens with two attached hydrogens (primary N) is 1. The third kappa shape index (κ3) is 4.05. The number of hydrogen-bond donors (Lipinski definition) is 2. The summed E-state index contributed by atoms with van der Waals surface area (Å²) in [7, 11) is 0. The first kappa shape index (κ1) is 24.0. The molecule has 3 aromatic rings. The van der Waals surface area contributed by atoms with Crippen LogP contribution in [0.5, 0.6) is 0 Å². The van der Waals surface area contributed by atoms with E-state index < -0.39 is 23.5 Å². The molecule has 0 amide bonds. The van der Waals surface area contributed by atoms with Crippen molar-refractivity contribution >= 4 is 17.4 Å². The van der Waals surface area contributed by atoms with Crippen molar-refractivity contribution in [3.63, 3.8) is 0 Å². The highest BCUT2D eigenvalue weighted by Gasteiger charge is 2.46. The maximum absolute atomic E-state index is 13.3. The molecule has 10 heteroatoms. The van der Waals surface area contributed by atoms with Crippen LogP contribution in [0.4, 0.5) is 19.0 Å². The summed E-state index contributed by atoms with van der Waals surface area (Å²) in [5.74, 6) is 0.536. The van der Waals surface area contributed by atoms with Gasteiger partial charge in [0.25, 0.3) is 0 Å². The Labute approximate surface area is 206 Å². The number of pyridine rings is 1. The zero-order valence-electron chi connectivity index (χ0n) is 19.1. The van der Waals surface area contributed by atoms with Gasteiger partial charge in [-0.3, -0.25) is 4.98 Å². The standard InChI is InChI=1S/C25H25ClF3N5O/c1-14-20(17-6-9-31-22(19(17)26)25(27,28)29)33-18(13-35)23(32-14)34-10-7-24(8-11-34)12-15-4-2-3-5-16(15)21(24)30/h2-6,9,21,35H,7-8,10-13,30H2,1H3/t21-/m1/s1. The van der Waals surface area contributed by atoms with E-state index >= 15 is 0 Å². The monoisotopic (exact) mass is 503 g/mol. The normalized spacial score (nSPS) is 19.3. The summed E-state index contributed by atoms with van der Waals surface area (Å²) in [5, 5.41) is 9.52. The van der Waals surface area contributed by atoms with Crippen molar-refractivity contribution in [2.24, 2.45) is 11.1 Å². The molecule has 1 aliphatic heterocycles. The van der Waals surface area contributed by atoms with Crippen LogP contribution < -0.4 is 10.6 Å². The molecule has 184 valence electrons. The quantitative estimate of drug-likeness (QED) is 0.531. The maximum Gasteiger partial charge on any atom is 0.434 e. The predicted molar refractivity (Wildman–Crippen MR) is 127 cm³/mol. The molecule has 2 aromatic heterocycles. The van der Waals surface area contributed by atoms with E-state index in [1.165, 1.54) is 17.2 Å². The number of fused-ring (bicyclic) bond motifs is 1. The van der Waals surface area contributed by atoms with Gasteiger partial charge in [-0.1, -0.05) is 35.9 Å². The fraction of sp³-hybridized carbons (Fsp3) is 0.400. The molecule has 0 bridgehead atoms. The van der Waals surface area contributed by atoms with E-state index in [4.69, 9.17) is 17.3 Å². The van der Waals surface area contributed by atoms with Gasteiger partial charge >= 0.3 is 6.18 Å². The molecule has 3 heterocycles. The average molecular weight is 504 g/mol. The second-order valence-corrected chi connectivity index (χ2v) is 9.69. The smallest absolute Gasteiger partial charge is 0.390 e. The third-order valence-corrected chi connectivity index (χ3v) is 7.72. The molecule has 2 aliphatic rings. The second kappa shape index (κ2) is 8.72. The number of hydrogen-bond acceptors (Lipinski definition) is 6. The van der Waals surface area contributed by atoms with E-state index in [9.17, 15) is 18.3 Å². The molecule has 5 rings (SSSR count). The minimum absolute atomic E-state index is 0.0134. The molecule has 1 aromatic carbocycles. The summed E-state index contributed by atoms with van der Waals surface area (Å²) < 4.78 is 39.9. The van der Waals surface area contributed by atoms with Crippen LogP contribution in [0.2, 0.25) is 5.02 Å². The van der Waals surface area contributed by atoms with Crippen LogP contribution >= 0.6 is 11.6 Å². The lowest BCUT2D eigenvalue weighted by Crippen LogP contribution is -2.45. The third-order valence-electron chi connectivity index (χ3n) is 7.33. The number of aryl methyl sites for hydroxylation is 1. The van der Waals surface area contributed by atoms with Gasteiger partial charge in [0.15, 0.2) is 11.5 Å². The fourth-order valence-corrected chi connectivity index (χ4v) is 5.76. The van der Waals surface area contributed by atoms with E-state index in [2.05, 4.69) is 32.0 Å². The predicted octanol–water partition coefficient (Wildman–Crippen LogP) is 4.85. The van der Waals surface area contributed by atoms with E-state index in [1.54, 1.807) is 6.92 Å². The Kier molecular flexibility index (Phi) is 5.97. The SMILES string of the molecule is Cc1nc(N2CCC3(CC2)Cc2ccccc2[C@H]3N)c(CO)nc1-c1ccnc(C(F)(F)F)c1Cl. The van der Waals surface area contributed by atoms with Crippen LogP contribution in [0.25, 0.3) is 11.3 Å². The Hall–Kier alpha value is -2.75. The molecule has 1 fully saturated rings. The second-order valence-electron chi connectivity index (χ2n) is 9.31. The Morgan fingerprint density at radius 1 is 1.17 bits per heavy atom. The largest absolute Gasteiger partial charge is 0.434 e. The number of halogens is 4. The van der Waals surface area contributed by atoms with Crippen LogP contribution in [-0.2, 0) is 19.2 Å². The molecule has 1 spiro atoms. The van der Waals surface area contributed by atoms with E-state index in [-0.39, 0.29) is 22.7 Å². The summed E-state index contributed by atoms with van der Waals surface area (Å²) in [6.45, 7) is 2.65. The van der Waals surface area contributed by atoms with Crippen molar-refractivity contribution in [2.75, 3.05) is 18.0 Å². The number of aromatic nitrogens is 3. The minimum Gasteiger partial charge on any atom is -0.390 e. The van der Waals surface area contributed by atoms with Gasteiger partial charge in [-0.2, -0.15) is 13.2 Å². The molecule has 0 radical (unpaired) electrons. The van der Waals surface area contributed by atoms with Crippen molar-refractivity contribution in [2.45, 2.75) is 45.0 Å². The summed E-state index contributed by atoms with van der Waals surface area (Å²) in [4.78, 5) is 14.6. The molecule has 0 unspecified atom stereocenters. The summed E-state index contributed by atoms with van der Waals surface area (Å²) in [6.07, 6.45) is -0.983. The zero-order chi connectivity index (χ0) is 25.0. The van der Waals surface area contributed by atoms with E-state index in [0.717, 1.165) is 25.5 Å². The van der Waals surface area contributed by atoms with Crippen molar-refractivity contribution < 1.29 is 18.3 Å². The molecule has 6 nitrogen and oxygen atoms in total. The lowest BCUT2D eigenvalue weighted by Gasteiger charge is -2.43. The van der Waals surface area contributed by atoms with Gasteiger partial charge in [0.05, 0.1) is 23.0 Å². The lowest BCUT2D eigenvalue weighted by molar-refractivity contribution is -0.141. The summed E-state index contributed by atoms with van der Waals surface area (Å²) in [6, 6.07) is 9.66. The van der Waals surface area contributed by atoms with E-state index in [0.29, 0.717) is 30.3 Å². The molecular weight excluding hydrogens is 479 g/mol. The Morgan fingerprint density at radius 2 is 1.89 bits per heavy atom. The number of aliphatic hydroxyl groups excluding tert-OH is 1. The molecule has 1 atom stereocenters. The van der Waals surface area contributed by atoms with Crippen LogP contribution in [-0.4, -0.2) is 33.1 Å². The average Bonchev–Trinajstić information content (AvgIpc) is 3.10. The van der Waals surface area contributed by atoms with Crippen molar-refractivity contribution in [1.82, 2.24) is 15.0 Å². The molecule has 0 saturated carbocycles. The number of anilines is 1. The van der Waals surface area contributed by atoms with Crippen molar-refractivity contribution in [3.05, 3.63) is 69.8 Å². The van der Waals surface area contributed by atoms with Gasteiger partial charge < -0.3 is 15.7 Å². The Balaban J connectivity index is 1.43. The number of rotatable bonds is 3. The number of alkyl halides is 3. The number of benzene rings is 1. The lowest BCUT2D eigenvalue weighted by atomic mass is 9.73. The first-order chi connectivity index (χ1) is 16.6. The van der Waals surface area contributed by atoms with Gasteiger partial charge in [-0.25, -0.2) is 9.97 Å². The van der Waals surface area contributed by atoms with Crippen molar-refractivity contribution in [1.29, 1.82) is 0 Å². The highest BCUT2D eigenvalue weighted by atomic mass is 35.5. The molecule has 1 saturated heterocycles. The zero-order valence-corrected chi connectivity index (χ0v) is 19.9. The summed E-state index contributed by atoms with van der Waals surface area (Å²) in [5.41, 5.74) is 8.98. The molecule has 1 aliphatic carbocycles. The molecule has 3 N–H and O–H groups in total. The van der Waals surface area contributed by atoms with Crippen LogP contribution in [0, 0.1) is 12.3 Å². The highest BCUT2D eigenvalue weighted by molar-refractivity contribution is 6.34. The van der Waals surface area contributed by atoms with Crippen molar-refractivity contribution in [3.8, 4) is 11.3 Å². The van der Waals surface area contributed by atoms with Crippen LogP contribution in [0.3, 0.4) is 0 Å². The van der Waals surface area contributed by atoms with Gasteiger partial charge in [0, 0.05) is 30.9 Å². The van der Waals surface area contributed by atoms with E-state index in [1.807, 2.05) is 12.1 Å². The van der Waals surface area contributed by atoms with Crippen LogP contribution in [0.15, 0.2) is 36.5 Å². The van der Waals surface area contributed by atoms with Gasteiger partial charge in [-0.15, -0.1) is 0 Å². The minimum atomic E-state index is -4.70. The summed E-state index contributed by atoms with van der Waals surface area (Å²) >= 11 is 6.07. The Bertz CT molecular complexity index is 1270. The van der Waals surface area contributed by atoms with Crippen LogP contribution in [0.1, 0.15) is 47.1 Å². The number of piperidine rings is 1. The topological polar surface area (TPSA) is 88.2 Å². The number of aliphatic hydroxyl groups is 1. The molecule has 35 heavy (non-hydrogen) atoms. The first-order valence-electron chi connectivity index (χ1n) is 11.4. The first-order valence-corrected chi connectivity index (χ1v) is 11.8. The molecular formula is C25H25ClF3N5O. The maximum atomic E-state index is 13.3. The van der Waals surface area contributed by atoms with Gasteiger partial charge in [0.2, 0.25) is 0 Å². The van der Waals surface area contributed by atoms with Gasteiger partial charge in [0.1, 0.15) is 5.69 Å². The highest BCUT2D eigenvalue weighted by Crippen LogP contribution is 2.51. The fourth-order valence-electron chi connectivity index (χ4n) is 5.45. The number of nitrogens with zero attached hydrogens (tertiary/aromatic N) is 4. The van der Waals surface area contributed by atoms with Gasteiger partial charge in [-0.05, 0) is 48.8 Å².